The normalized spacial score (nSPS) is 25.5. The summed E-state index contributed by atoms with van der Waals surface area (Å²) in [6, 6.07) is 18.2. The number of ether oxygens (including phenoxy) is 1. The molecule has 1 aliphatic heterocycles. The van der Waals surface area contributed by atoms with Gasteiger partial charge in [0.2, 0.25) is 0 Å². The number of hydrogen-bond donors (Lipinski definition) is 0. The highest BCUT2D eigenvalue weighted by atomic mass is 32.2. The van der Waals surface area contributed by atoms with E-state index in [1.807, 2.05) is 49.4 Å². The van der Waals surface area contributed by atoms with Gasteiger partial charge in [0.05, 0.1) is 10.8 Å². The quantitative estimate of drug-likeness (QED) is 0.785. The van der Waals surface area contributed by atoms with Crippen LogP contribution in [0.25, 0.3) is 0 Å². The summed E-state index contributed by atoms with van der Waals surface area (Å²) in [5.74, 6) is 0. The van der Waals surface area contributed by atoms with Crippen molar-refractivity contribution in [1.29, 1.82) is 0 Å². The minimum atomic E-state index is -1.10. The number of rotatable bonds is 5. The van der Waals surface area contributed by atoms with E-state index in [1.54, 1.807) is 0 Å². The van der Waals surface area contributed by atoms with Gasteiger partial charge in [0.1, 0.15) is 5.60 Å². The lowest BCUT2D eigenvalue weighted by Crippen LogP contribution is -2.20. The van der Waals surface area contributed by atoms with Crippen LogP contribution < -0.4 is 0 Å². The number of hydrogen-bond acceptors (Lipinski definition) is 2. The molecule has 3 rings (SSSR count). The molecular formula is C18H20O2S. The summed E-state index contributed by atoms with van der Waals surface area (Å²) in [7, 11) is -1.10. The standard InChI is InChI=1S/C18H20O2S/c1-3-18(13-15-7-5-4-6-8-15)17(20-18)21(19)16-11-9-14(2)10-12-16/h4-12,17H,3,13H2,1-2H3. The summed E-state index contributed by atoms with van der Waals surface area (Å²) < 4.78 is 18.6. The van der Waals surface area contributed by atoms with Crippen LogP contribution in [0.5, 0.6) is 0 Å². The van der Waals surface area contributed by atoms with E-state index in [-0.39, 0.29) is 11.0 Å². The first kappa shape index (κ1) is 14.5. The number of epoxide rings is 1. The smallest absolute Gasteiger partial charge is 0.167 e. The predicted molar refractivity (Wildman–Crippen MR) is 85.6 cm³/mol. The molecular weight excluding hydrogens is 280 g/mol. The Morgan fingerprint density at radius 2 is 1.76 bits per heavy atom. The molecule has 2 nitrogen and oxygen atoms in total. The molecule has 21 heavy (non-hydrogen) atoms. The van der Waals surface area contributed by atoms with Crippen molar-refractivity contribution in [2.45, 2.75) is 42.6 Å². The average molecular weight is 300 g/mol. The van der Waals surface area contributed by atoms with Crippen LogP contribution in [-0.2, 0) is 22.0 Å². The second-order valence-corrected chi connectivity index (χ2v) is 7.14. The zero-order valence-electron chi connectivity index (χ0n) is 12.4. The molecule has 0 saturated carbocycles. The van der Waals surface area contributed by atoms with Gasteiger partial charge in [0.25, 0.3) is 0 Å². The van der Waals surface area contributed by atoms with Crippen molar-refractivity contribution >= 4 is 10.8 Å². The molecule has 110 valence electrons. The molecule has 3 atom stereocenters. The zero-order chi connectivity index (χ0) is 14.9. The van der Waals surface area contributed by atoms with E-state index in [9.17, 15) is 4.21 Å². The molecule has 0 radical (unpaired) electrons. The Hall–Kier alpha value is -1.45. The van der Waals surface area contributed by atoms with Gasteiger partial charge < -0.3 is 4.74 Å². The van der Waals surface area contributed by atoms with Gasteiger partial charge in [-0.05, 0) is 31.0 Å². The van der Waals surface area contributed by atoms with Crippen LogP contribution in [0.1, 0.15) is 24.5 Å². The molecule has 2 aromatic rings. The minimum Gasteiger partial charge on any atom is -0.351 e. The Balaban J connectivity index is 1.75. The molecule has 0 aliphatic carbocycles. The molecule has 3 unspecified atom stereocenters. The van der Waals surface area contributed by atoms with E-state index in [0.717, 1.165) is 17.7 Å². The van der Waals surface area contributed by atoms with Gasteiger partial charge in [0, 0.05) is 11.3 Å². The third-order valence-corrected chi connectivity index (χ3v) is 5.76. The third kappa shape index (κ3) is 2.94. The Kier molecular flexibility index (Phi) is 3.96. The summed E-state index contributed by atoms with van der Waals surface area (Å²) in [4.78, 5) is 0.856. The number of aryl methyl sites for hydroxylation is 1. The summed E-state index contributed by atoms with van der Waals surface area (Å²) in [6.45, 7) is 4.14. The summed E-state index contributed by atoms with van der Waals surface area (Å²) >= 11 is 0. The molecule has 0 bridgehead atoms. The van der Waals surface area contributed by atoms with E-state index >= 15 is 0 Å². The van der Waals surface area contributed by atoms with Crippen LogP contribution in [0.4, 0.5) is 0 Å². The Morgan fingerprint density at radius 1 is 1.10 bits per heavy atom. The van der Waals surface area contributed by atoms with Crippen LogP contribution in [0.3, 0.4) is 0 Å². The van der Waals surface area contributed by atoms with Crippen molar-refractivity contribution < 1.29 is 8.95 Å². The summed E-state index contributed by atoms with van der Waals surface area (Å²) in [5, 5.41) is 0. The lowest BCUT2D eigenvalue weighted by atomic mass is 9.98. The van der Waals surface area contributed by atoms with Crippen LogP contribution in [0, 0.1) is 6.92 Å². The molecule has 1 fully saturated rings. The summed E-state index contributed by atoms with van der Waals surface area (Å²) in [6.07, 6.45) is 1.71. The molecule has 1 heterocycles. The second kappa shape index (κ2) is 5.74. The van der Waals surface area contributed by atoms with E-state index in [4.69, 9.17) is 4.74 Å². The van der Waals surface area contributed by atoms with Gasteiger partial charge in [-0.2, -0.15) is 0 Å². The molecule has 0 amide bonds. The zero-order valence-corrected chi connectivity index (χ0v) is 13.2. The van der Waals surface area contributed by atoms with Gasteiger partial charge >= 0.3 is 0 Å². The molecule has 0 aromatic heterocycles. The molecule has 3 heteroatoms. The van der Waals surface area contributed by atoms with Crippen LogP contribution in [0.2, 0.25) is 0 Å². The van der Waals surface area contributed by atoms with E-state index in [2.05, 4.69) is 19.1 Å². The van der Waals surface area contributed by atoms with E-state index < -0.39 is 10.8 Å². The van der Waals surface area contributed by atoms with E-state index in [0.29, 0.717) is 0 Å². The van der Waals surface area contributed by atoms with Gasteiger partial charge in [0.15, 0.2) is 5.44 Å². The highest BCUT2D eigenvalue weighted by Gasteiger charge is 2.58. The maximum absolute atomic E-state index is 12.7. The van der Waals surface area contributed by atoms with Gasteiger partial charge in [-0.15, -0.1) is 0 Å². The molecule has 2 aromatic carbocycles. The van der Waals surface area contributed by atoms with Crippen molar-refractivity contribution in [3.05, 3.63) is 65.7 Å². The lowest BCUT2D eigenvalue weighted by Gasteiger charge is -2.10. The summed E-state index contributed by atoms with van der Waals surface area (Å²) in [5.41, 5.74) is 1.96. The minimum absolute atomic E-state index is 0.189. The molecule has 1 saturated heterocycles. The van der Waals surface area contributed by atoms with Crippen molar-refractivity contribution in [1.82, 2.24) is 0 Å². The SMILES string of the molecule is CCC1(Cc2ccccc2)OC1S(=O)c1ccc(C)cc1. The monoisotopic (exact) mass is 300 g/mol. The van der Waals surface area contributed by atoms with Gasteiger partial charge in [-0.1, -0.05) is 55.0 Å². The number of benzene rings is 2. The first-order chi connectivity index (χ1) is 10.1. The predicted octanol–water partition coefficient (Wildman–Crippen LogP) is 3.85. The van der Waals surface area contributed by atoms with Crippen LogP contribution >= 0.6 is 0 Å². The highest BCUT2D eigenvalue weighted by Crippen LogP contribution is 2.46. The fourth-order valence-corrected chi connectivity index (χ4v) is 4.23. The van der Waals surface area contributed by atoms with Crippen LogP contribution in [-0.4, -0.2) is 15.2 Å². The Bertz CT molecular complexity index is 636. The van der Waals surface area contributed by atoms with Crippen molar-refractivity contribution in [2.24, 2.45) is 0 Å². The second-order valence-electron chi connectivity index (χ2n) is 5.64. The van der Waals surface area contributed by atoms with Crippen molar-refractivity contribution in [2.75, 3.05) is 0 Å². The van der Waals surface area contributed by atoms with Gasteiger partial charge in [-0.25, -0.2) is 0 Å². The van der Waals surface area contributed by atoms with Gasteiger partial charge in [-0.3, -0.25) is 4.21 Å². The largest absolute Gasteiger partial charge is 0.351 e. The molecule has 1 aliphatic rings. The fourth-order valence-electron chi connectivity index (χ4n) is 2.66. The molecule has 0 spiro atoms. The lowest BCUT2D eigenvalue weighted by molar-refractivity contribution is 0.292. The maximum Gasteiger partial charge on any atom is 0.167 e. The van der Waals surface area contributed by atoms with E-state index in [1.165, 1.54) is 11.1 Å². The Morgan fingerprint density at radius 3 is 2.38 bits per heavy atom. The maximum atomic E-state index is 12.7. The van der Waals surface area contributed by atoms with Crippen molar-refractivity contribution in [3.63, 3.8) is 0 Å². The van der Waals surface area contributed by atoms with Crippen molar-refractivity contribution in [3.8, 4) is 0 Å². The molecule has 0 N–H and O–H groups in total. The first-order valence-electron chi connectivity index (χ1n) is 7.33. The third-order valence-electron chi connectivity index (χ3n) is 4.11. The fraction of sp³-hybridized carbons (Fsp3) is 0.333. The van der Waals surface area contributed by atoms with Crippen LogP contribution in [0.15, 0.2) is 59.5 Å². The first-order valence-corrected chi connectivity index (χ1v) is 8.55. The Labute approximate surface area is 128 Å². The average Bonchev–Trinajstić information content (AvgIpc) is 3.23. The highest BCUT2D eigenvalue weighted by molar-refractivity contribution is 7.85. The topological polar surface area (TPSA) is 29.6 Å².